The summed E-state index contributed by atoms with van der Waals surface area (Å²) in [5.41, 5.74) is 1.10. The van der Waals surface area contributed by atoms with Gasteiger partial charge in [0.15, 0.2) is 0 Å². The van der Waals surface area contributed by atoms with Gasteiger partial charge in [-0.1, -0.05) is 22.9 Å². The van der Waals surface area contributed by atoms with E-state index < -0.39 is 0 Å². The van der Waals surface area contributed by atoms with E-state index in [0.29, 0.717) is 0 Å². The molecule has 0 aliphatic rings. The van der Waals surface area contributed by atoms with E-state index in [1.807, 2.05) is 18.2 Å². The van der Waals surface area contributed by atoms with Crippen LogP contribution < -0.4 is 5.32 Å². The van der Waals surface area contributed by atoms with Gasteiger partial charge in [0.2, 0.25) is 0 Å². The molecule has 2 nitrogen and oxygen atoms in total. The third-order valence-corrected chi connectivity index (χ3v) is 2.99. The second-order valence-electron chi connectivity index (χ2n) is 3.16. The van der Waals surface area contributed by atoms with Gasteiger partial charge in [0.05, 0.1) is 6.61 Å². The first kappa shape index (κ1) is 13.0. The van der Waals surface area contributed by atoms with E-state index in [4.69, 9.17) is 4.74 Å². The van der Waals surface area contributed by atoms with Gasteiger partial charge < -0.3 is 10.1 Å². The van der Waals surface area contributed by atoms with E-state index >= 15 is 0 Å². The Labute approximate surface area is 108 Å². The molecular formula is C11H15Br2NO. The fraction of sp³-hybridized carbons (Fsp3) is 0.455. The largest absolute Gasteiger partial charge is 0.382 e. The van der Waals surface area contributed by atoms with Crippen LogP contribution in [0, 0.1) is 0 Å². The quantitative estimate of drug-likeness (QED) is 0.791. The first-order valence-corrected chi connectivity index (χ1v) is 6.59. The molecule has 4 heteroatoms. The van der Waals surface area contributed by atoms with Gasteiger partial charge in [-0.3, -0.25) is 0 Å². The Morgan fingerprint density at radius 2 is 2.07 bits per heavy atom. The van der Waals surface area contributed by atoms with Gasteiger partial charge >= 0.3 is 0 Å². The van der Waals surface area contributed by atoms with Gasteiger partial charge in [0, 0.05) is 27.8 Å². The van der Waals surface area contributed by atoms with Crippen molar-refractivity contribution in [1.82, 2.24) is 0 Å². The summed E-state index contributed by atoms with van der Waals surface area (Å²) in [5, 5.41) is 3.31. The molecule has 0 unspecified atom stereocenters. The third-order valence-electron chi connectivity index (χ3n) is 1.84. The van der Waals surface area contributed by atoms with Crippen LogP contribution in [0.3, 0.4) is 0 Å². The SMILES string of the molecule is CCCOCCNc1ccc(Br)cc1Br. The van der Waals surface area contributed by atoms with Crippen LogP contribution in [0.4, 0.5) is 5.69 Å². The lowest BCUT2D eigenvalue weighted by molar-refractivity contribution is 0.144. The predicted molar refractivity (Wildman–Crippen MR) is 71.4 cm³/mol. The van der Waals surface area contributed by atoms with Crippen molar-refractivity contribution in [2.75, 3.05) is 25.1 Å². The summed E-state index contributed by atoms with van der Waals surface area (Å²) >= 11 is 6.91. The normalized spacial score (nSPS) is 10.3. The van der Waals surface area contributed by atoms with Crippen LogP contribution in [0.25, 0.3) is 0 Å². The molecule has 0 aliphatic heterocycles. The highest BCUT2D eigenvalue weighted by molar-refractivity contribution is 9.11. The van der Waals surface area contributed by atoms with Gasteiger partial charge in [-0.2, -0.15) is 0 Å². The van der Waals surface area contributed by atoms with E-state index in [0.717, 1.165) is 40.8 Å². The lowest BCUT2D eigenvalue weighted by Crippen LogP contribution is -2.09. The average molecular weight is 337 g/mol. The van der Waals surface area contributed by atoms with Crippen molar-refractivity contribution >= 4 is 37.5 Å². The van der Waals surface area contributed by atoms with E-state index in [9.17, 15) is 0 Å². The summed E-state index contributed by atoms with van der Waals surface area (Å²) in [4.78, 5) is 0. The molecule has 84 valence electrons. The monoisotopic (exact) mass is 335 g/mol. The van der Waals surface area contributed by atoms with Gasteiger partial charge in [-0.15, -0.1) is 0 Å². The van der Waals surface area contributed by atoms with Crippen molar-refractivity contribution in [3.8, 4) is 0 Å². The second kappa shape index (κ2) is 7.25. The fourth-order valence-corrected chi connectivity index (χ4v) is 2.32. The molecule has 1 aromatic rings. The molecule has 0 spiro atoms. The molecule has 1 rings (SSSR count). The highest BCUT2D eigenvalue weighted by Crippen LogP contribution is 2.25. The Morgan fingerprint density at radius 1 is 1.27 bits per heavy atom. The zero-order chi connectivity index (χ0) is 11.1. The van der Waals surface area contributed by atoms with E-state index in [1.165, 1.54) is 0 Å². The Hall–Kier alpha value is -0.0600. The summed E-state index contributed by atoms with van der Waals surface area (Å²) in [7, 11) is 0. The molecule has 1 aromatic carbocycles. The van der Waals surface area contributed by atoms with Crippen LogP contribution in [0.1, 0.15) is 13.3 Å². The van der Waals surface area contributed by atoms with Crippen LogP contribution >= 0.6 is 31.9 Å². The zero-order valence-corrected chi connectivity index (χ0v) is 11.9. The highest BCUT2D eigenvalue weighted by atomic mass is 79.9. The van der Waals surface area contributed by atoms with Gasteiger partial charge in [-0.25, -0.2) is 0 Å². The molecule has 0 amide bonds. The van der Waals surface area contributed by atoms with Crippen molar-refractivity contribution in [2.45, 2.75) is 13.3 Å². The van der Waals surface area contributed by atoms with E-state index in [2.05, 4.69) is 44.1 Å². The van der Waals surface area contributed by atoms with Gasteiger partial charge in [0.25, 0.3) is 0 Å². The maximum Gasteiger partial charge on any atom is 0.0639 e. The molecule has 0 saturated carbocycles. The third kappa shape index (κ3) is 5.00. The molecule has 1 N–H and O–H groups in total. The Balaban J connectivity index is 2.31. The van der Waals surface area contributed by atoms with Gasteiger partial charge in [0.1, 0.15) is 0 Å². The number of halogens is 2. The van der Waals surface area contributed by atoms with Crippen LogP contribution in [-0.2, 0) is 4.74 Å². The Morgan fingerprint density at radius 3 is 2.73 bits per heavy atom. The molecular weight excluding hydrogens is 322 g/mol. The minimum absolute atomic E-state index is 0.746. The van der Waals surface area contributed by atoms with Crippen molar-refractivity contribution in [1.29, 1.82) is 0 Å². The van der Waals surface area contributed by atoms with Crippen LogP contribution in [0.2, 0.25) is 0 Å². The smallest absolute Gasteiger partial charge is 0.0639 e. The molecule has 0 atom stereocenters. The number of hydrogen-bond donors (Lipinski definition) is 1. The number of anilines is 1. The lowest BCUT2D eigenvalue weighted by atomic mass is 10.3. The first-order chi connectivity index (χ1) is 7.24. The fourth-order valence-electron chi connectivity index (χ4n) is 1.14. The Kier molecular flexibility index (Phi) is 6.29. The number of rotatable bonds is 6. The minimum atomic E-state index is 0.746. The molecule has 0 heterocycles. The first-order valence-electron chi connectivity index (χ1n) is 5.00. The summed E-state index contributed by atoms with van der Waals surface area (Å²) < 4.78 is 7.51. The molecule has 0 saturated heterocycles. The average Bonchev–Trinajstić information content (AvgIpc) is 2.20. The van der Waals surface area contributed by atoms with Crippen molar-refractivity contribution in [3.05, 3.63) is 27.1 Å². The lowest BCUT2D eigenvalue weighted by Gasteiger charge is -2.08. The van der Waals surface area contributed by atoms with Crippen molar-refractivity contribution in [3.63, 3.8) is 0 Å². The molecule has 0 fully saturated rings. The zero-order valence-electron chi connectivity index (χ0n) is 8.72. The van der Waals surface area contributed by atoms with E-state index in [1.54, 1.807) is 0 Å². The van der Waals surface area contributed by atoms with Gasteiger partial charge in [-0.05, 0) is 40.5 Å². The van der Waals surface area contributed by atoms with Crippen LogP contribution in [0.5, 0.6) is 0 Å². The maximum atomic E-state index is 5.38. The summed E-state index contributed by atoms with van der Waals surface area (Å²) in [6, 6.07) is 6.07. The summed E-state index contributed by atoms with van der Waals surface area (Å²) in [5.74, 6) is 0. The topological polar surface area (TPSA) is 21.3 Å². The molecule has 0 bridgehead atoms. The summed E-state index contributed by atoms with van der Waals surface area (Å²) in [6.45, 7) is 4.53. The van der Waals surface area contributed by atoms with E-state index in [-0.39, 0.29) is 0 Å². The molecule has 0 radical (unpaired) electrons. The molecule has 0 aromatic heterocycles. The van der Waals surface area contributed by atoms with Crippen LogP contribution in [0.15, 0.2) is 27.1 Å². The van der Waals surface area contributed by atoms with Crippen molar-refractivity contribution in [2.24, 2.45) is 0 Å². The van der Waals surface area contributed by atoms with Crippen molar-refractivity contribution < 1.29 is 4.74 Å². The van der Waals surface area contributed by atoms with Crippen LogP contribution in [-0.4, -0.2) is 19.8 Å². The number of nitrogens with one attached hydrogen (secondary N) is 1. The maximum absolute atomic E-state index is 5.38. The number of ether oxygens (including phenoxy) is 1. The predicted octanol–water partition coefficient (Wildman–Crippen LogP) is 4.05. The molecule has 0 aliphatic carbocycles. The minimum Gasteiger partial charge on any atom is -0.382 e. The Bertz CT molecular complexity index is 305. The molecule has 15 heavy (non-hydrogen) atoms. The number of hydrogen-bond acceptors (Lipinski definition) is 2. The second-order valence-corrected chi connectivity index (χ2v) is 4.93. The standard InChI is InChI=1S/C11H15Br2NO/c1-2-6-15-7-5-14-11-4-3-9(12)8-10(11)13/h3-4,8,14H,2,5-7H2,1H3. The summed E-state index contributed by atoms with van der Waals surface area (Å²) in [6.07, 6.45) is 1.07. The number of benzene rings is 1. The highest BCUT2D eigenvalue weighted by Gasteiger charge is 1.98.